The van der Waals surface area contributed by atoms with E-state index in [0.717, 1.165) is 0 Å². The van der Waals surface area contributed by atoms with Gasteiger partial charge in [0.2, 0.25) is 11.6 Å². The average molecular weight is 504 g/mol. The third kappa shape index (κ3) is 5.15. The van der Waals surface area contributed by atoms with E-state index in [0.29, 0.717) is 45.8 Å². The first-order valence-corrected chi connectivity index (χ1v) is 10.9. The fourth-order valence-electron chi connectivity index (χ4n) is 3.59. The van der Waals surface area contributed by atoms with Crippen molar-refractivity contribution >= 4 is 17.6 Å². The van der Waals surface area contributed by atoms with Crippen molar-refractivity contribution < 1.29 is 33.6 Å². The van der Waals surface area contributed by atoms with Crippen LogP contribution in [0.4, 0.5) is 5.69 Å². The zero-order valence-electron chi connectivity index (χ0n) is 20.5. The number of hydrogen-bond acceptors (Lipinski definition) is 8. The molecule has 1 aromatic heterocycles. The van der Waals surface area contributed by atoms with Crippen molar-refractivity contribution in [3.05, 3.63) is 72.1 Å². The molecule has 0 aliphatic carbocycles. The van der Waals surface area contributed by atoms with E-state index in [4.69, 9.17) is 24.1 Å². The molecule has 0 bridgehead atoms. The zero-order valence-corrected chi connectivity index (χ0v) is 20.5. The summed E-state index contributed by atoms with van der Waals surface area (Å²) < 4.78 is 23.1. The summed E-state index contributed by atoms with van der Waals surface area (Å²) in [6, 6.07) is 16.3. The summed E-state index contributed by atoms with van der Waals surface area (Å²) in [5, 5.41) is 16.2. The van der Waals surface area contributed by atoms with Gasteiger partial charge in [-0.3, -0.25) is 4.79 Å². The van der Waals surface area contributed by atoms with Crippen LogP contribution in [-0.4, -0.2) is 60.2 Å². The van der Waals surface area contributed by atoms with Crippen LogP contribution in [0, 0.1) is 0 Å². The van der Waals surface area contributed by atoms with Crippen LogP contribution in [0.3, 0.4) is 0 Å². The normalized spacial score (nSPS) is 10.5. The predicted molar refractivity (Wildman–Crippen MR) is 134 cm³/mol. The predicted octanol–water partition coefficient (Wildman–Crippen LogP) is 3.92. The molecule has 0 saturated heterocycles. The van der Waals surface area contributed by atoms with Crippen molar-refractivity contribution in [1.82, 2.24) is 14.8 Å². The highest BCUT2D eigenvalue weighted by atomic mass is 16.5. The number of ether oxygens (including phenoxy) is 4. The molecular weight excluding hydrogens is 480 g/mol. The van der Waals surface area contributed by atoms with Crippen molar-refractivity contribution in [1.29, 1.82) is 0 Å². The molecule has 3 aromatic carbocycles. The van der Waals surface area contributed by atoms with Crippen LogP contribution >= 0.6 is 0 Å². The number of hydrogen-bond donors (Lipinski definition) is 2. The van der Waals surface area contributed by atoms with E-state index in [9.17, 15) is 9.59 Å². The third-order valence-corrected chi connectivity index (χ3v) is 5.44. The van der Waals surface area contributed by atoms with Gasteiger partial charge in [0.1, 0.15) is 5.75 Å². The van der Waals surface area contributed by atoms with E-state index < -0.39 is 11.9 Å². The van der Waals surface area contributed by atoms with Gasteiger partial charge in [-0.05, 0) is 60.7 Å². The lowest BCUT2D eigenvalue weighted by Crippen LogP contribution is -2.14. The Hall–Kier alpha value is -5.06. The molecule has 0 unspecified atom stereocenters. The molecule has 0 radical (unpaired) electrons. The molecule has 0 atom stereocenters. The summed E-state index contributed by atoms with van der Waals surface area (Å²) in [5.41, 5.74) is 1.68. The van der Waals surface area contributed by atoms with Crippen molar-refractivity contribution in [3.8, 4) is 40.1 Å². The van der Waals surface area contributed by atoms with E-state index in [2.05, 4.69) is 15.4 Å². The number of anilines is 1. The summed E-state index contributed by atoms with van der Waals surface area (Å²) in [7, 11) is 6.08. The topological polar surface area (TPSA) is 134 Å². The lowest BCUT2D eigenvalue weighted by atomic mass is 10.1. The first-order chi connectivity index (χ1) is 17.9. The molecule has 190 valence electrons. The van der Waals surface area contributed by atoms with E-state index in [-0.39, 0.29) is 11.4 Å². The number of carboxylic acids is 1. The Morgan fingerprint density at radius 2 is 1.46 bits per heavy atom. The van der Waals surface area contributed by atoms with Gasteiger partial charge in [0.15, 0.2) is 17.3 Å². The van der Waals surface area contributed by atoms with Crippen LogP contribution in [-0.2, 0) is 0 Å². The minimum Gasteiger partial charge on any atom is -0.497 e. The van der Waals surface area contributed by atoms with Gasteiger partial charge in [-0.2, -0.15) is 0 Å². The fraction of sp³-hybridized carbons (Fsp3) is 0.154. The summed E-state index contributed by atoms with van der Waals surface area (Å²) in [5.74, 6) is 0.471. The molecule has 0 aliphatic rings. The van der Waals surface area contributed by atoms with Crippen molar-refractivity contribution in [2.45, 2.75) is 0 Å². The van der Waals surface area contributed by atoms with E-state index in [1.807, 2.05) is 0 Å². The SMILES string of the molecule is COc1ccc(-n2nc(C(=O)Nc3ccc(C(=O)O)cc3)nc2-c2cc(OC)c(OC)c(OC)c2)cc1. The van der Waals surface area contributed by atoms with E-state index in [1.54, 1.807) is 43.5 Å². The molecule has 37 heavy (non-hydrogen) atoms. The Morgan fingerprint density at radius 3 is 1.97 bits per heavy atom. The molecule has 1 heterocycles. The summed E-state index contributed by atoms with van der Waals surface area (Å²) >= 11 is 0. The largest absolute Gasteiger partial charge is 0.497 e. The van der Waals surface area contributed by atoms with Crippen LogP contribution in [0.1, 0.15) is 21.0 Å². The molecule has 0 spiro atoms. The Bertz CT molecular complexity index is 1410. The Morgan fingerprint density at radius 1 is 0.838 bits per heavy atom. The maximum absolute atomic E-state index is 13.1. The number of carbonyl (C=O) groups excluding carboxylic acids is 1. The molecular formula is C26H24N4O7. The van der Waals surface area contributed by atoms with Crippen LogP contribution < -0.4 is 24.3 Å². The van der Waals surface area contributed by atoms with Crippen LogP contribution in [0.2, 0.25) is 0 Å². The molecule has 4 aromatic rings. The number of benzene rings is 3. The highest BCUT2D eigenvalue weighted by molar-refractivity contribution is 6.02. The number of carboxylic acid groups (broad SMARTS) is 1. The monoisotopic (exact) mass is 504 g/mol. The second-order valence-corrected chi connectivity index (χ2v) is 7.62. The number of methoxy groups -OCH3 is 4. The van der Waals surface area contributed by atoms with Gasteiger partial charge in [0, 0.05) is 11.3 Å². The maximum atomic E-state index is 13.1. The van der Waals surface area contributed by atoms with E-state index in [1.165, 1.54) is 50.3 Å². The lowest BCUT2D eigenvalue weighted by molar-refractivity contribution is 0.0696. The highest BCUT2D eigenvalue weighted by Crippen LogP contribution is 2.41. The van der Waals surface area contributed by atoms with Crippen molar-refractivity contribution in [2.24, 2.45) is 0 Å². The van der Waals surface area contributed by atoms with Gasteiger partial charge in [0.25, 0.3) is 5.91 Å². The second kappa shape index (κ2) is 10.7. The zero-order chi connectivity index (χ0) is 26.5. The standard InChI is InChI=1S/C26H24N4O7/c1-34-19-11-9-18(10-12-19)30-24(16-13-20(35-2)22(37-4)21(14-16)36-3)28-23(29-30)25(31)27-17-7-5-15(6-8-17)26(32)33/h5-14H,1-4H3,(H,27,31)(H,32,33). The van der Waals surface area contributed by atoms with Crippen molar-refractivity contribution in [3.63, 3.8) is 0 Å². The minimum atomic E-state index is -1.06. The minimum absolute atomic E-state index is 0.101. The maximum Gasteiger partial charge on any atom is 0.335 e. The van der Waals surface area contributed by atoms with Crippen molar-refractivity contribution in [2.75, 3.05) is 33.8 Å². The number of aromatic nitrogens is 3. The van der Waals surface area contributed by atoms with Gasteiger partial charge >= 0.3 is 5.97 Å². The molecule has 0 saturated carbocycles. The van der Waals surface area contributed by atoms with Gasteiger partial charge in [-0.25, -0.2) is 14.5 Å². The van der Waals surface area contributed by atoms with Crippen LogP contribution in [0.5, 0.6) is 23.0 Å². The van der Waals surface area contributed by atoms with Crippen LogP contribution in [0.25, 0.3) is 17.1 Å². The second-order valence-electron chi connectivity index (χ2n) is 7.62. The quantitative estimate of drug-likeness (QED) is 0.348. The molecule has 11 nitrogen and oxygen atoms in total. The molecule has 1 amide bonds. The molecule has 0 aliphatic heterocycles. The number of amides is 1. The van der Waals surface area contributed by atoms with E-state index >= 15 is 0 Å². The fourth-order valence-corrected chi connectivity index (χ4v) is 3.59. The Labute approximate surface area is 212 Å². The summed E-state index contributed by atoms with van der Waals surface area (Å²) in [6.45, 7) is 0. The first-order valence-electron chi connectivity index (χ1n) is 10.9. The Kier molecular flexibility index (Phi) is 7.23. The molecule has 0 fully saturated rings. The number of nitrogens with one attached hydrogen (secondary N) is 1. The van der Waals surface area contributed by atoms with Gasteiger partial charge < -0.3 is 29.4 Å². The number of nitrogens with zero attached hydrogens (tertiary/aromatic N) is 3. The highest BCUT2D eigenvalue weighted by Gasteiger charge is 2.22. The Balaban J connectivity index is 1.79. The molecule has 4 rings (SSSR count). The van der Waals surface area contributed by atoms with Gasteiger partial charge in [-0.1, -0.05) is 0 Å². The summed E-state index contributed by atoms with van der Waals surface area (Å²) in [4.78, 5) is 28.7. The smallest absolute Gasteiger partial charge is 0.335 e. The average Bonchev–Trinajstić information content (AvgIpc) is 3.38. The molecule has 2 N–H and O–H groups in total. The van der Waals surface area contributed by atoms with Gasteiger partial charge in [-0.15, -0.1) is 5.10 Å². The lowest BCUT2D eigenvalue weighted by Gasteiger charge is -2.14. The number of carbonyl (C=O) groups is 2. The van der Waals surface area contributed by atoms with Crippen LogP contribution in [0.15, 0.2) is 60.7 Å². The van der Waals surface area contributed by atoms with Gasteiger partial charge in [0.05, 0.1) is 39.7 Å². The summed E-state index contributed by atoms with van der Waals surface area (Å²) in [6.07, 6.45) is 0. The number of aromatic carboxylic acids is 1. The molecule has 11 heteroatoms. The third-order valence-electron chi connectivity index (χ3n) is 5.44. The number of rotatable bonds is 9. The first kappa shape index (κ1) is 25.0.